The van der Waals surface area contributed by atoms with Gasteiger partial charge in [0.1, 0.15) is 11.5 Å². The third kappa shape index (κ3) is 4.08. The number of carbonyl (C=O) groups excluding carboxylic acids is 1. The maximum atomic E-state index is 11.7. The minimum Gasteiger partial charge on any atom is -0.508 e. The van der Waals surface area contributed by atoms with Crippen LogP contribution in [0.3, 0.4) is 0 Å². The second-order valence-electron chi connectivity index (χ2n) is 4.94. The zero-order valence-corrected chi connectivity index (χ0v) is 12.4. The first kappa shape index (κ1) is 15.6. The second-order valence-corrected chi connectivity index (χ2v) is 4.94. The normalized spacial score (nSPS) is 11.0. The van der Waals surface area contributed by atoms with Crippen LogP contribution in [0.25, 0.3) is 0 Å². The lowest BCUT2D eigenvalue weighted by molar-refractivity contribution is -0.121. The number of phenols is 2. The third-order valence-electron chi connectivity index (χ3n) is 3.06. The van der Waals surface area contributed by atoms with Crippen LogP contribution in [0, 0.1) is 13.8 Å². The van der Waals surface area contributed by atoms with Crippen molar-refractivity contribution in [2.24, 2.45) is 5.10 Å². The van der Waals surface area contributed by atoms with Crippen LogP contribution in [0.4, 0.5) is 0 Å². The largest absolute Gasteiger partial charge is 0.508 e. The molecule has 0 atom stereocenters. The number of aryl methyl sites for hydroxylation is 3. The molecule has 0 aliphatic carbocycles. The van der Waals surface area contributed by atoms with Crippen LogP contribution in [0.2, 0.25) is 0 Å². The van der Waals surface area contributed by atoms with Gasteiger partial charge in [-0.25, -0.2) is 5.43 Å². The smallest absolute Gasteiger partial charge is 0.241 e. The molecule has 2 aromatic rings. The molecule has 1 heterocycles. The summed E-state index contributed by atoms with van der Waals surface area (Å²) in [4.78, 5) is 11.7. The average molecular weight is 302 g/mol. The summed E-state index contributed by atoms with van der Waals surface area (Å²) in [5.74, 6) is -0.397. The van der Waals surface area contributed by atoms with Gasteiger partial charge in [0.2, 0.25) is 5.91 Å². The lowest BCUT2D eigenvalue weighted by Crippen LogP contribution is -2.20. The molecule has 0 unspecified atom stereocenters. The van der Waals surface area contributed by atoms with E-state index in [9.17, 15) is 15.0 Å². The van der Waals surface area contributed by atoms with Gasteiger partial charge in [-0.05, 0) is 32.0 Å². The van der Waals surface area contributed by atoms with E-state index in [0.29, 0.717) is 12.1 Å². The highest BCUT2D eigenvalue weighted by molar-refractivity contribution is 5.85. The van der Waals surface area contributed by atoms with Gasteiger partial charge in [0.05, 0.1) is 18.5 Å². The molecule has 0 saturated heterocycles. The van der Waals surface area contributed by atoms with E-state index >= 15 is 0 Å². The number of rotatable bonds is 5. The molecule has 1 aromatic heterocycles. The second kappa shape index (κ2) is 6.75. The van der Waals surface area contributed by atoms with Gasteiger partial charge < -0.3 is 10.2 Å². The molecule has 116 valence electrons. The maximum absolute atomic E-state index is 11.7. The summed E-state index contributed by atoms with van der Waals surface area (Å²) < 4.78 is 1.77. The van der Waals surface area contributed by atoms with E-state index in [0.717, 1.165) is 11.4 Å². The quantitative estimate of drug-likeness (QED) is 0.575. The molecule has 2 rings (SSSR count). The summed E-state index contributed by atoms with van der Waals surface area (Å²) in [5, 5.41) is 26.8. The highest BCUT2D eigenvalue weighted by Gasteiger charge is 2.05. The standard InChI is InChI=1S/C15H18N4O3/c1-10-7-11(2)19(18-10)6-5-15(22)17-16-9-12-3-4-13(20)8-14(12)21/h3-4,7-9,20-21H,5-6H2,1-2H3,(H,17,22)/b16-9+. The number of benzene rings is 1. The van der Waals surface area contributed by atoms with Gasteiger partial charge in [0.15, 0.2) is 0 Å². The molecule has 0 saturated carbocycles. The molecule has 22 heavy (non-hydrogen) atoms. The van der Waals surface area contributed by atoms with Gasteiger partial charge in [0.25, 0.3) is 0 Å². The van der Waals surface area contributed by atoms with E-state index in [1.54, 1.807) is 4.68 Å². The monoisotopic (exact) mass is 302 g/mol. The van der Waals surface area contributed by atoms with E-state index in [1.807, 2.05) is 19.9 Å². The number of nitrogens with one attached hydrogen (secondary N) is 1. The zero-order chi connectivity index (χ0) is 16.1. The molecule has 0 radical (unpaired) electrons. The van der Waals surface area contributed by atoms with E-state index < -0.39 is 0 Å². The van der Waals surface area contributed by atoms with Crippen LogP contribution >= 0.6 is 0 Å². The minimum atomic E-state index is -0.248. The molecule has 0 aliphatic rings. The SMILES string of the molecule is Cc1cc(C)n(CCC(=O)N/N=C/c2ccc(O)cc2O)n1. The number of amides is 1. The summed E-state index contributed by atoms with van der Waals surface area (Å²) in [6.45, 7) is 4.31. The van der Waals surface area contributed by atoms with Crippen LogP contribution in [-0.4, -0.2) is 32.1 Å². The number of nitrogens with zero attached hydrogens (tertiary/aromatic N) is 3. The Labute approximate surface area is 127 Å². The summed E-state index contributed by atoms with van der Waals surface area (Å²) in [7, 11) is 0. The fourth-order valence-electron chi connectivity index (χ4n) is 1.98. The summed E-state index contributed by atoms with van der Waals surface area (Å²) in [5.41, 5.74) is 4.70. The van der Waals surface area contributed by atoms with Crippen molar-refractivity contribution in [3.05, 3.63) is 41.2 Å². The Hall–Kier alpha value is -2.83. The molecule has 1 aromatic carbocycles. The van der Waals surface area contributed by atoms with Crippen molar-refractivity contribution < 1.29 is 15.0 Å². The van der Waals surface area contributed by atoms with Crippen LogP contribution in [0.15, 0.2) is 29.4 Å². The summed E-state index contributed by atoms with van der Waals surface area (Å²) in [6, 6.07) is 6.07. The highest BCUT2D eigenvalue weighted by atomic mass is 16.3. The van der Waals surface area contributed by atoms with Crippen molar-refractivity contribution in [1.29, 1.82) is 0 Å². The van der Waals surface area contributed by atoms with Crippen LogP contribution in [0.5, 0.6) is 11.5 Å². The number of hydrogen-bond donors (Lipinski definition) is 3. The topological polar surface area (TPSA) is 99.7 Å². The molecule has 0 spiro atoms. The molecule has 7 nitrogen and oxygen atoms in total. The molecular weight excluding hydrogens is 284 g/mol. The fourth-order valence-corrected chi connectivity index (χ4v) is 1.98. The number of aromatic hydroxyl groups is 2. The lowest BCUT2D eigenvalue weighted by atomic mass is 10.2. The maximum Gasteiger partial charge on any atom is 0.241 e. The van der Waals surface area contributed by atoms with Crippen molar-refractivity contribution in [1.82, 2.24) is 15.2 Å². The van der Waals surface area contributed by atoms with E-state index in [1.165, 1.54) is 24.4 Å². The Balaban J connectivity index is 1.85. The molecule has 7 heteroatoms. The zero-order valence-electron chi connectivity index (χ0n) is 12.4. The van der Waals surface area contributed by atoms with Crippen LogP contribution in [-0.2, 0) is 11.3 Å². The Kier molecular flexibility index (Phi) is 4.77. The molecule has 1 amide bonds. The Morgan fingerprint density at radius 2 is 2.14 bits per heavy atom. The first-order valence-corrected chi connectivity index (χ1v) is 6.80. The molecular formula is C15H18N4O3. The Bertz CT molecular complexity index is 707. The fraction of sp³-hybridized carbons (Fsp3) is 0.267. The summed E-state index contributed by atoms with van der Waals surface area (Å²) >= 11 is 0. The molecule has 0 fully saturated rings. The van der Waals surface area contributed by atoms with Crippen LogP contribution < -0.4 is 5.43 Å². The van der Waals surface area contributed by atoms with Crippen molar-refractivity contribution in [3.8, 4) is 11.5 Å². The van der Waals surface area contributed by atoms with Crippen molar-refractivity contribution in [3.63, 3.8) is 0 Å². The average Bonchev–Trinajstić information content (AvgIpc) is 2.77. The van der Waals surface area contributed by atoms with Gasteiger partial charge >= 0.3 is 0 Å². The number of aromatic nitrogens is 2. The van der Waals surface area contributed by atoms with Crippen molar-refractivity contribution in [2.45, 2.75) is 26.8 Å². The summed E-state index contributed by atoms with van der Waals surface area (Å²) in [6.07, 6.45) is 1.57. The van der Waals surface area contributed by atoms with Gasteiger partial charge in [-0.15, -0.1) is 0 Å². The Morgan fingerprint density at radius 1 is 1.36 bits per heavy atom. The number of carbonyl (C=O) groups is 1. The highest BCUT2D eigenvalue weighted by Crippen LogP contribution is 2.20. The van der Waals surface area contributed by atoms with Crippen molar-refractivity contribution in [2.75, 3.05) is 0 Å². The van der Waals surface area contributed by atoms with E-state index in [2.05, 4.69) is 15.6 Å². The van der Waals surface area contributed by atoms with Crippen LogP contribution in [0.1, 0.15) is 23.4 Å². The molecule has 0 bridgehead atoms. The van der Waals surface area contributed by atoms with Crippen molar-refractivity contribution >= 4 is 12.1 Å². The first-order valence-electron chi connectivity index (χ1n) is 6.80. The number of hydrogen-bond acceptors (Lipinski definition) is 5. The third-order valence-corrected chi connectivity index (χ3v) is 3.06. The minimum absolute atomic E-state index is 0.0384. The van der Waals surface area contributed by atoms with E-state index in [4.69, 9.17) is 0 Å². The van der Waals surface area contributed by atoms with Gasteiger partial charge in [-0.1, -0.05) is 0 Å². The van der Waals surface area contributed by atoms with E-state index in [-0.39, 0.29) is 23.8 Å². The van der Waals surface area contributed by atoms with Gasteiger partial charge in [-0.3, -0.25) is 9.48 Å². The predicted octanol–water partition coefficient (Wildman–Crippen LogP) is 1.45. The van der Waals surface area contributed by atoms with Gasteiger partial charge in [-0.2, -0.15) is 10.2 Å². The van der Waals surface area contributed by atoms with Gasteiger partial charge in [0, 0.05) is 23.7 Å². The lowest BCUT2D eigenvalue weighted by Gasteiger charge is -2.03. The Morgan fingerprint density at radius 3 is 2.77 bits per heavy atom. The number of phenolic OH excluding ortho intramolecular Hbond substituents is 2. The molecule has 3 N–H and O–H groups in total. The number of hydrazone groups is 1. The molecule has 0 aliphatic heterocycles. The first-order chi connectivity index (χ1) is 10.5. The predicted molar refractivity (Wildman–Crippen MR) is 81.8 cm³/mol.